The van der Waals surface area contributed by atoms with Crippen molar-refractivity contribution in [1.82, 2.24) is 10.2 Å². The molecule has 0 aliphatic heterocycles. The van der Waals surface area contributed by atoms with Crippen molar-refractivity contribution in [2.24, 2.45) is 0 Å². The Labute approximate surface area is 120 Å². The summed E-state index contributed by atoms with van der Waals surface area (Å²) in [5.74, 6) is -2.02. The Morgan fingerprint density at radius 1 is 1.43 bits per heavy atom. The fraction of sp³-hybridized carbons (Fsp3) is 0.167. The molecule has 0 fully saturated rings. The summed E-state index contributed by atoms with van der Waals surface area (Å²) >= 11 is 0. The van der Waals surface area contributed by atoms with Gasteiger partial charge in [0.05, 0.1) is 5.69 Å². The minimum Gasteiger partial charge on any atom is -0.478 e. The Balaban J connectivity index is 2.55. The minimum atomic E-state index is -4.22. The van der Waals surface area contributed by atoms with E-state index in [9.17, 15) is 17.6 Å². The largest absolute Gasteiger partial charge is 0.478 e. The maximum atomic E-state index is 13.2. The number of sulfonamides is 1. The highest BCUT2D eigenvalue weighted by Gasteiger charge is 2.31. The van der Waals surface area contributed by atoms with Crippen molar-refractivity contribution in [3.63, 3.8) is 0 Å². The Morgan fingerprint density at radius 3 is 2.67 bits per heavy atom. The van der Waals surface area contributed by atoms with Crippen LogP contribution < -0.4 is 4.31 Å². The molecule has 7 nitrogen and oxygen atoms in total. The molecule has 2 N–H and O–H groups in total. The minimum absolute atomic E-state index is 0.0620. The summed E-state index contributed by atoms with van der Waals surface area (Å²) in [5.41, 5.74) is -0.251. The van der Waals surface area contributed by atoms with Crippen LogP contribution in [0.2, 0.25) is 0 Å². The predicted molar refractivity (Wildman–Crippen MR) is 72.3 cm³/mol. The van der Waals surface area contributed by atoms with Gasteiger partial charge in [0.25, 0.3) is 10.0 Å². The number of aromatic nitrogens is 2. The van der Waals surface area contributed by atoms with Gasteiger partial charge in [-0.1, -0.05) is 6.07 Å². The van der Waals surface area contributed by atoms with Crippen molar-refractivity contribution in [1.29, 1.82) is 0 Å². The summed E-state index contributed by atoms with van der Waals surface area (Å²) in [5, 5.41) is 14.4. The second-order valence-electron chi connectivity index (χ2n) is 4.29. The quantitative estimate of drug-likeness (QED) is 0.887. The SMILES string of the molecule is Cc1[nH]nc(S(=O)(=O)N(C)c2cccc(F)c2)c1C(=O)O. The first-order valence-electron chi connectivity index (χ1n) is 5.78. The van der Waals surface area contributed by atoms with Gasteiger partial charge in [-0.3, -0.25) is 9.40 Å². The number of aryl methyl sites for hydroxylation is 1. The van der Waals surface area contributed by atoms with Crippen LogP contribution in [0.15, 0.2) is 29.3 Å². The maximum Gasteiger partial charge on any atom is 0.340 e. The number of carboxylic acids is 1. The Morgan fingerprint density at radius 2 is 2.10 bits per heavy atom. The van der Waals surface area contributed by atoms with Gasteiger partial charge in [-0.25, -0.2) is 9.18 Å². The van der Waals surface area contributed by atoms with Gasteiger partial charge < -0.3 is 5.11 Å². The lowest BCUT2D eigenvalue weighted by Crippen LogP contribution is -2.28. The highest BCUT2D eigenvalue weighted by Crippen LogP contribution is 2.24. The molecule has 2 aromatic rings. The first kappa shape index (κ1) is 15.0. The number of H-pyrrole nitrogens is 1. The normalized spacial score (nSPS) is 11.4. The first-order valence-corrected chi connectivity index (χ1v) is 7.22. The molecule has 0 aliphatic rings. The van der Waals surface area contributed by atoms with Crippen LogP contribution in [0.1, 0.15) is 16.1 Å². The molecular weight excluding hydrogens is 301 g/mol. The van der Waals surface area contributed by atoms with Crippen LogP contribution in [0.4, 0.5) is 10.1 Å². The van der Waals surface area contributed by atoms with Gasteiger partial charge in [0.1, 0.15) is 11.4 Å². The van der Waals surface area contributed by atoms with E-state index in [1.165, 1.54) is 32.2 Å². The summed E-state index contributed by atoms with van der Waals surface area (Å²) in [4.78, 5) is 11.2. The number of nitrogens with one attached hydrogen (secondary N) is 1. The number of rotatable bonds is 4. The molecule has 0 saturated carbocycles. The maximum absolute atomic E-state index is 13.2. The van der Waals surface area contributed by atoms with Crippen LogP contribution in [0.25, 0.3) is 0 Å². The molecule has 9 heteroatoms. The van der Waals surface area contributed by atoms with E-state index in [1.807, 2.05) is 0 Å². The molecule has 0 saturated heterocycles. The van der Waals surface area contributed by atoms with E-state index >= 15 is 0 Å². The van der Waals surface area contributed by atoms with Gasteiger partial charge in [0.15, 0.2) is 0 Å². The van der Waals surface area contributed by atoms with Gasteiger partial charge >= 0.3 is 5.97 Å². The monoisotopic (exact) mass is 313 g/mol. The standard InChI is InChI=1S/C12H12FN3O4S/c1-7-10(12(17)18)11(15-14-7)21(19,20)16(2)9-5-3-4-8(13)6-9/h3-6H,1-2H3,(H,14,15)(H,17,18). The Hall–Kier alpha value is -2.42. The van der Waals surface area contributed by atoms with Crippen molar-refractivity contribution in [2.75, 3.05) is 11.4 Å². The lowest BCUT2D eigenvalue weighted by molar-refractivity contribution is 0.0692. The summed E-state index contributed by atoms with van der Waals surface area (Å²) < 4.78 is 38.8. The molecule has 0 radical (unpaired) electrons. The number of halogens is 1. The molecule has 21 heavy (non-hydrogen) atoms. The Kier molecular flexibility index (Phi) is 3.69. The molecule has 1 aromatic carbocycles. The summed E-state index contributed by atoms with van der Waals surface area (Å²) in [6.07, 6.45) is 0. The van der Waals surface area contributed by atoms with Gasteiger partial charge in [-0.2, -0.15) is 13.5 Å². The third-order valence-corrected chi connectivity index (χ3v) is 4.62. The molecule has 0 atom stereocenters. The first-order chi connectivity index (χ1) is 9.75. The average molecular weight is 313 g/mol. The lowest BCUT2D eigenvalue weighted by Gasteiger charge is -2.18. The van der Waals surface area contributed by atoms with Crippen LogP contribution >= 0.6 is 0 Å². The van der Waals surface area contributed by atoms with Crippen molar-refractivity contribution < 1.29 is 22.7 Å². The van der Waals surface area contributed by atoms with E-state index in [-0.39, 0.29) is 11.4 Å². The highest BCUT2D eigenvalue weighted by atomic mass is 32.2. The van der Waals surface area contributed by atoms with Crippen molar-refractivity contribution in [3.8, 4) is 0 Å². The molecule has 0 spiro atoms. The summed E-state index contributed by atoms with van der Waals surface area (Å²) in [6.45, 7) is 1.40. The molecule has 2 rings (SSSR count). The number of hydrogen-bond donors (Lipinski definition) is 2. The van der Waals surface area contributed by atoms with E-state index in [0.717, 1.165) is 10.4 Å². The molecule has 1 heterocycles. The second kappa shape index (κ2) is 5.17. The molecule has 0 unspecified atom stereocenters. The van der Waals surface area contributed by atoms with Crippen molar-refractivity contribution >= 4 is 21.7 Å². The Bertz CT molecular complexity index is 801. The number of anilines is 1. The molecule has 112 valence electrons. The molecule has 0 amide bonds. The fourth-order valence-electron chi connectivity index (χ4n) is 1.79. The number of nitrogens with zero attached hydrogens (tertiary/aromatic N) is 2. The number of benzene rings is 1. The van der Waals surface area contributed by atoms with Gasteiger partial charge in [0, 0.05) is 12.7 Å². The highest BCUT2D eigenvalue weighted by molar-refractivity contribution is 7.92. The van der Waals surface area contributed by atoms with Crippen molar-refractivity contribution in [3.05, 3.63) is 41.3 Å². The number of carboxylic acid groups (broad SMARTS) is 1. The zero-order valence-electron chi connectivity index (χ0n) is 11.2. The smallest absolute Gasteiger partial charge is 0.340 e. The number of aromatic carboxylic acids is 1. The third-order valence-electron chi connectivity index (χ3n) is 2.90. The van der Waals surface area contributed by atoms with E-state index in [1.54, 1.807) is 0 Å². The molecular formula is C12H12FN3O4S. The van der Waals surface area contributed by atoms with Crippen LogP contribution in [0, 0.1) is 12.7 Å². The zero-order valence-corrected chi connectivity index (χ0v) is 12.0. The lowest BCUT2D eigenvalue weighted by atomic mass is 10.3. The van der Waals surface area contributed by atoms with E-state index < -0.39 is 32.4 Å². The summed E-state index contributed by atoms with van der Waals surface area (Å²) in [7, 11) is -3.03. The van der Waals surface area contributed by atoms with E-state index in [4.69, 9.17) is 5.11 Å². The van der Waals surface area contributed by atoms with Crippen LogP contribution in [0.5, 0.6) is 0 Å². The van der Waals surface area contributed by atoms with Gasteiger partial charge in [-0.15, -0.1) is 0 Å². The molecule has 1 aromatic heterocycles. The average Bonchev–Trinajstić information content (AvgIpc) is 2.80. The van der Waals surface area contributed by atoms with E-state index in [2.05, 4.69) is 10.2 Å². The molecule has 0 bridgehead atoms. The number of aromatic amines is 1. The van der Waals surface area contributed by atoms with Crippen LogP contribution in [-0.4, -0.2) is 36.7 Å². The second-order valence-corrected chi connectivity index (χ2v) is 6.17. The number of hydrogen-bond acceptors (Lipinski definition) is 4. The fourth-order valence-corrected chi connectivity index (χ4v) is 3.10. The van der Waals surface area contributed by atoms with Crippen molar-refractivity contribution in [2.45, 2.75) is 11.9 Å². The number of carbonyl (C=O) groups is 1. The summed E-state index contributed by atoms with van der Waals surface area (Å²) in [6, 6.07) is 4.94. The molecule has 0 aliphatic carbocycles. The van der Waals surface area contributed by atoms with Crippen LogP contribution in [0.3, 0.4) is 0 Å². The zero-order chi connectivity index (χ0) is 15.8. The predicted octanol–water partition coefficient (Wildman–Crippen LogP) is 1.38. The van der Waals surface area contributed by atoms with Crippen LogP contribution in [-0.2, 0) is 10.0 Å². The van der Waals surface area contributed by atoms with Gasteiger partial charge in [-0.05, 0) is 25.1 Å². The van der Waals surface area contributed by atoms with E-state index in [0.29, 0.717) is 0 Å². The van der Waals surface area contributed by atoms with Gasteiger partial charge in [0.2, 0.25) is 5.03 Å². The third kappa shape index (κ3) is 2.59. The topological polar surface area (TPSA) is 103 Å².